The minimum Gasteiger partial charge on any atom is -0.452 e. The second-order valence-corrected chi connectivity index (χ2v) is 8.86. The van der Waals surface area contributed by atoms with Crippen molar-refractivity contribution >= 4 is 44.5 Å². The van der Waals surface area contributed by atoms with Crippen molar-refractivity contribution < 1.29 is 22.1 Å². The van der Waals surface area contributed by atoms with Crippen LogP contribution < -0.4 is 8.92 Å². The zero-order chi connectivity index (χ0) is 21.6. The third kappa shape index (κ3) is 3.58. The number of ether oxygens (including phenoxy) is 1. The van der Waals surface area contributed by atoms with Crippen molar-refractivity contribution in [1.29, 1.82) is 0 Å². The quantitative estimate of drug-likeness (QED) is 0.340. The Morgan fingerprint density at radius 3 is 2.58 bits per heavy atom. The molecule has 31 heavy (non-hydrogen) atoms. The summed E-state index contributed by atoms with van der Waals surface area (Å²) in [4.78, 5) is 15.8. The van der Waals surface area contributed by atoms with E-state index in [0.29, 0.717) is 10.6 Å². The monoisotopic (exact) mass is 451 g/mol. The van der Waals surface area contributed by atoms with Gasteiger partial charge in [-0.15, -0.1) is 0 Å². The van der Waals surface area contributed by atoms with E-state index in [0.717, 1.165) is 16.5 Å². The number of allylic oxidation sites excluding steroid dienone is 1. The van der Waals surface area contributed by atoms with Crippen molar-refractivity contribution in [2.45, 2.75) is 4.90 Å². The molecule has 4 aromatic rings. The summed E-state index contributed by atoms with van der Waals surface area (Å²) in [5.41, 5.74) is 2.09. The van der Waals surface area contributed by atoms with Gasteiger partial charge in [-0.1, -0.05) is 29.8 Å². The number of ketones is 1. The van der Waals surface area contributed by atoms with Crippen LogP contribution in [-0.2, 0) is 10.1 Å². The molecule has 0 aliphatic carbocycles. The molecule has 1 aliphatic rings. The van der Waals surface area contributed by atoms with Crippen molar-refractivity contribution in [1.82, 2.24) is 4.98 Å². The summed E-state index contributed by atoms with van der Waals surface area (Å²) in [7, 11) is -4.06. The second-order valence-electron chi connectivity index (χ2n) is 6.88. The molecule has 0 saturated carbocycles. The van der Waals surface area contributed by atoms with Gasteiger partial charge in [0.05, 0.1) is 5.56 Å². The molecule has 1 aromatic heterocycles. The molecule has 1 N–H and O–H groups in total. The van der Waals surface area contributed by atoms with E-state index in [4.69, 9.17) is 20.5 Å². The van der Waals surface area contributed by atoms with Gasteiger partial charge in [-0.05, 0) is 48.5 Å². The number of nitrogens with one attached hydrogen (secondary N) is 1. The van der Waals surface area contributed by atoms with Crippen LogP contribution in [0.4, 0.5) is 0 Å². The molecule has 0 atom stereocenters. The first-order valence-corrected chi connectivity index (χ1v) is 11.0. The number of carbonyl (C=O) groups is 1. The summed E-state index contributed by atoms with van der Waals surface area (Å²) in [6, 6.07) is 17.6. The van der Waals surface area contributed by atoms with Crippen LogP contribution >= 0.6 is 11.6 Å². The number of aromatic amines is 1. The third-order valence-corrected chi connectivity index (χ3v) is 6.37. The second kappa shape index (κ2) is 7.30. The summed E-state index contributed by atoms with van der Waals surface area (Å²) < 4.78 is 35.9. The fraction of sp³-hybridized carbons (Fsp3) is 0. The number of carbonyl (C=O) groups excluding carboxylic acids is 1. The Hall–Kier alpha value is -3.55. The number of para-hydroxylation sites is 1. The molecule has 0 unspecified atom stereocenters. The number of hydrogen-bond donors (Lipinski definition) is 1. The molecule has 8 heteroatoms. The molecular formula is C23H14ClNO5S. The smallest absolute Gasteiger partial charge is 0.339 e. The van der Waals surface area contributed by atoms with E-state index < -0.39 is 10.1 Å². The molecule has 6 nitrogen and oxygen atoms in total. The summed E-state index contributed by atoms with van der Waals surface area (Å²) in [6.07, 6.45) is 3.46. The standard InChI is InChI=1S/C23H14ClNO5S/c24-15-5-8-17(9-6-15)31(27,28)30-16-7-10-19-21(12-16)29-22(23(19)26)11-14-13-25-20-4-2-1-3-18(14)20/h1-13,25H/b22-11+. The number of hydrogen-bond acceptors (Lipinski definition) is 5. The van der Waals surface area contributed by atoms with Crippen molar-refractivity contribution in [3.8, 4) is 11.5 Å². The molecule has 3 aromatic carbocycles. The van der Waals surface area contributed by atoms with E-state index in [2.05, 4.69) is 4.98 Å². The van der Waals surface area contributed by atoms with Crippen molar-refractivity contribution in [2.24, 2.45) is 0 Å². The number of halogens is 1. The average Bonchev–Trinajstić information content (AvgIpc) is 3.29. The Morgan fingerprint density at radius 1 is 1.00 bits per heavy atom. The molecule has 0 radical (unpaired) electrons. The Kier molecular flexibility index (Phi) is 4.57. The van der Waals surface area contributed by atoms with Gasteiger partial charge < -0.3 is 13.9 Å². The average molecular weight is 452 g/mol. The van der Waals surface area contributed by atoms with Gasteiger partial charge in [0, 0.05) is 33.8 Å². The lowest BCUT2D eigenvalue weighted by Crippen LogP contribution is -2.09. The lowest BCUT2D eigenvalue weighted by molar-refractivity contribution is 0.101. The summed E-state index contributed by atoms with van der Waals surface area (Å²) in [5.74, 6) is 0.139. The highest BCUT2D eigenvalue weighted by Gasteiger charge is 2.29. The zero-order valence-corrected chi connectivity index (χ0v) is 17.4. The molecule has 0 saturated heterocycles. The first kappa shape index (κ1) is 19.4. The van der Waals surface area contributed by atoms with E-state index in [1.807, 2.05) is 24.3 Å². The maximum atomic E-state index is 12.7. The van der Waals surface area contributed by atoms with Crippen LogP contribution in [0.2, 0.25) is 5.02 Å². The minimum atomic E-state index is -4.06. The highest BCUT2D eigenvalue weighted by atomic mass is 35.5. The van der Waals surface area contributed by atoms with Crippen LogP contribution in [0.15, 0.2) is 83.6 Å². The first-order valence-electron chi connectivity index (χ1n) is 9.25. The summed E-state index contributed by atoms with van der Waals surface area (Å²) in [6.45, 7) is 0. The van der Waals surface area contributed by atoms with Crippen LogP contribution in [0.5, 0.6) is 11.5 Å². The van der Waals surface area contributed by atoms with Crippen molar-refractivity contribution in [3.63, 3.8) is 0 Å². The molecule has 1 aliphatic heterocycles. The Morgan fingerprint density at radius 2 is 1.77 bits per heavy atom. The maximum Gasteiger partial charge on any atom is 0.339 e. The van der Waals surface area contributed by atoms with E-state index in [9.17, 15) is 13.2 Å². The van der Waals surface area contributed by atoms with Gasteiger partial charge in [-0.25, -0.2) is 0 Å². The largest absolute Gasteiger partial charge is 0.452 e. The maximum absolute atomic E-state index is 12.7. The molecule has 5 rings (SSSR count). The fourth-order valence-corrected chi connectivity index (χ4v) is 4.40. The predicted octanol–water partition coefficient (Wildman–Crippen LogP) is 5.21. The van der Waals surface area contributed by atoms with Crippen LogP contribution in [-0.4, -0.2) is 19.2 Å². The predicted molar refractivity (Wildman–Crippen MR) is 117 cm³/mol. The Bertz CT molecular complexity index is 1470. The van der Waals surface area contributed by atoms with E-state index in [-0.39, 0.29) is 27.9 Å². The van der Waals surface area contributed by atoms with Gasteiger partial charge >= 0.3 is 10.1 Å². The van der Waals surface area contributed by atoms with E-state index in [1.165, 1.54) is 42.5 Å². The SMILES string of the molecule is O=C1/C(=C\c2c[nH]c3ccccc23)Oc2cc(OS(=O)(=O)c3ccc(Cl)cc3)ccc21. The highest BCUT2D eigenvalue weighted by Crippen LogP contribution is 2.36. The van der Waals surface area contributed by atoms with Gasteiger partial charge in [-0.2, -0.15) is 8.42 Å². The highest BCUT2D eigenvalue weighted by molar-refractivity contribution is 7.87. The van der Waals surface area contributed by atoms with Gasteiger partial charge in [0.1, 0.15) is 16.4 Å². The van der Waals surface area contributed by atoms with E-state index >= 15 is 0 Å². The number of Topliss-reactive ketones (excluding diaryl/α,β-unsaturated/α-hetero) is 1. The normalized spacial score (nSPS) is 14.6. The summed E-state index contributed by atoms with van der Waals surface area (Å²) in [5, 5.41) is 1.37. The van der Waals surface area contributed by atoms with Crippen LogP contribution in [0, 0.1) is 0 Å². The number of rotatable bonds is 4. The zero-order valence-electron chi connectivity index (χ0n) is 15.8. The van der Waals surface area contributed by atoms with Gasteiger partial charge in [-0.3, -0.25) is 4.79 Å². The molecule has 0 spiro atoms. The lowest BCUT2D eigenvalue weighted by Gasteiger charge is -2.08. The first-order chi connectivity index (χ1) is 14.9. The van der Waals surface area contributed by atoms with Gasteiger partial charge in [0.15, 0.2) is 5.76 Å². The molecule has 0 amide bonds. The van der Waals surface area contributed by atoms with Crippen molar-refractivity contribution in [2.75, 3.05) is 0 Å². The Balaban J connectivity index is 1.43. The van der Waals surface area contributed by atoms with Crippen molar-refractivity contribution in [3.05, 3.63) is 94.8 Å². The van der Waals surface area contributed by atoms with E-state index in [1.54, 1.807) is 12.3 Å². The third-order valence-electron chi connectivity index (χ3n) is 4.86. The van der Waals surface area contributed by atoms with Crippen LogP contribution in [0.1, 0.15) is 15.9 Å². The fourth-order valence-electron chi connectivity index (χ4n) is 3.35. The summed E-state index contributed by atoms with van der Waals surface area (Å²) >= 11 is 5.80. The molecule has 0 bridgehead atoms. The molecule has 2 heterocycles. The molecular weight excluding hydrogens is 438 g/mol. The number of aromatic nitrogens is 1. The number of benzene rings is 3. The lowest BCUT2D eigenvalue weighted by atomic mass is 10.1. The molecule has 0 fully saturated rings. The number of fused-ring (bicyclic) bond motifs is 2. The topological polar surface area (TPSA) is 85.5 Å². The molecule has 154 valence electrons. The van der Waals surface area contributed by atoms with Gasteiger partial charge in [0.25, 0.3) is 0 Å². The van der Waals surface area contributed by atoms with Crippen LogP contribution in [0.3, 0.4) is 0 Å². The Labute approximate surface area is 182 Å². The van der Waals surface area contributed by atoms with Gasteiger partial charge in [0.2, 0.25) is 5.78 Å². The minimum absolute atomic E-state index is 0.0330. The number of H-pyrrole nitrogens is 1. The van der Waals surface area contributed by atoms with Crippen LogP contribution in [0.25, 0.3) is 17.0 Å².